The van der Waals surface area contributed by atoms with Crippen molar-refractivity contribution in [2.75, 3.05) is 39.5 Å². The molecule has 0 radical (unpaired) electrons. The predicted octanol–water partition coefficient (Wildman–Crippen LogP) is 1.32. The number of nitrogens with zero attached hydrogens (tertiary/aromatic N) is 4. The molecular formula is C16H30IN5O2S. The van der Waals surface area contributed by atoms with Gasteiger partial charge < -0.3 is 14.8 Å². The minimum Gasteiger partial charge on any atom is -0.357 e. The van der Waals surface area contributed by atoms with E-state index in [2.05, 4.69) is 20.9 Å². The van der Waals surface area contributed by atoms with E-state index in [4.69, 9.17) is 4.99 Å². The van der Waals surface area contributed by atoms with Crippen molar-refractivity contribution < 1.29 is 8.42 Å². The highest BCUT2D eigenvalue weighted by Gasteiger charge is 2.28. The van der Waals surface area contributed by atoms with Crippen molar-refractivity contribution in [2.45, 2.75) is 19.9 Å². The summed E-state index contributed by atoms with van der Waals surface area (Å²) in [6.45, 7) is 5.45. The van der Waals surface area contributed by atoms with Gasteiger partial charge in [-0.15, -0.1) is 24.0 Å². The zero-order valence-corrected chi connectivity index (χ0v) is 18.6. The highest BCUT2D eigenvalue weighted by molar-refractivity contribution is 14.0. The lowest BCUT2D eigenvalue weighted by Gasteiger charge is -2.23. The quantitative estimate of drug-likeness (QED) is 0.377. The van der Waals surface area contributed by atoms with E-state index in [0.29, 0.717) is 19.6 Å². The Labute approximate surface area is 168 Å². The number of halogens is 1. The van der Waals surface area contributed by atoms with E-state index in [0.717, 1.165) is 25.5 Å². The molecule has 1 aromatic heterocycles. The van der Waals surface area contributed by atoms with Crippen LogP contribution in [-0.2, 0) is 23.6 Å². The summed E-state index contributed by atoms with van der Waals surface area (Å²) in [5.74, 6) is 1.15. The van der Waals surface area contributed by atoms with Crippen LogP contribution in [0, 0.1) is 5.92 Å². The minimum atomic E-state index is -3.08. The van der Waals surface area contributed by atoms with Gasteiger partial charge in [0, 0.05) is 52.2 Å². The molecule has 2 rings (SSSR count). The molecule has 144 valence electrons. The molecule has 0 aliphatic carbocycles. The first-order valence-corrected chi connectivity index (χ1v) is 10.2. The fourth-order valence-electron chi connectivity index (χ4n) is 2.91. The van der Waals surface area contributed by atoms with Crippen molar-refractivity contribution in [1.29, 1.82) is 0 Å². The zero-order valence-electron chi connectivity index (χ0n) is 15.5. The van der Waals surface area contributed by atoms with Crippen LogP contribution < -0.4 is 5.32 Å². The van der Waals surface area contributed by atoms with Gasteiger partial charge in [-0.2, -0.15) is 0 Å². The van der Waals surface area contributed by atoms with Gasteiger partial charge in [0.15, 0.2) is 5.96 Å². The molecular weight excluding hydrogens is 453 g/mol. The molecule has 0 aromatic carbocycles. The van der Waals surface area contributed by atoms with Crippen LogP contribution in [0.5, 0.6) is 0 Å². The number of aliphatic imine (C=N–C) groups is 1. The van der Waals surface area contributed by atoms with E-state index in [9.17, 15) is 8.42 Å². The molecule has 0 bridgehead atoms. The third-order valence-electron chi connectivity index (χ3n) is 4.36. The Morgan fingerprint density at radius 2 is 2.20 bits per heavy atom. The Balaban J connectivity index is 0.00000312. The average molecular weight is 483 g/mol. The Morgan fingerprint density at radius 1 is 1.48 bits per heavy atom. The van der Waals surface area contributed by atoms with Gasteiger partial charge in [0.2, 0.25) is 10.0 Å². The van der Waals surface area contributed by atoms with E-state index < -0.39 is 10.0 Å². The second-order valence-electron chi connectivity index (χ2n) is 6.44. The number of nitrogens with one attached hydrogen (secondary N) is 1. The third-order valence-corrected chi connectivity index (χ3v) is 5.63. The van der Waals surface area contributed by atoms with Gasteiger partial charge in [0.05, 0.1) is 12.8 Å². The van der Waals surface area contributed by atoms with Crippen LogP contribution in [0.1, 0.15) is 19.0 Å². The molecule has 2 heterocycles. The maximum Gasteiger partial charge on any atom is 0.211 e. The molecule has 1 aliphatic rings. The Bertz CT molecular complexity index is 674. The van der Waals surface area contributed by atoms with Gasteiger partial charge in [0.25, 0.3) is 0 Å². The van der Waals surface area contributed by atoms with Crippen LogP contribution in [0.2, 0.25) is 0 Å². The molecule has 7 nitrogen and oxygen atoms in total. The summed E-state index contributed by atoms with van der Waals surface area (Å²) < 4.78 is 26.9. The molecule has 25 heavy (non-hydrogen) atoms. The maximum atomic E-state index is 11.6. The lowest BCUT2D eigenvalue weighted by molar-refractivity contribution is 0.450. The Morgan fingerprint density at radius 3 is 2.72 bits per heavy atom. The average Bonchev–Trinajstić information content (AvgIpc) is 3.13. The van der Waals surface area contributed by atoms with Crippen molar-refractivity contribution in [1.82, 2.24) is 19.1 Å². The number of hydrogen-bond acceptors (Lipinski definition) is 3. The van der Waals surface area contributed by atoms with E-state index in [1.165, 1.54) is 11.9 Å². The van der Waals surface area contributed by atoms with Crippen molar-refractivity contribution in [2.24, 2.45) is 18.0 Å². The molecule has 0 spiro atoms. The van der Waals surface area contributed by atoms with Crippen molar-refractivity contribution in [3.8, 4) is 0 Å². The van der Waals surface area contributed by atoms with Gasteiger partial charge in [-0.25, -0.2) is 12.7 Å². The summed E-state index contributed by atoms with van der Waals surface area (Å²) in [6.07, 6.45) is 4.18. The van der Waals surface area contributed by atoms with Crippen LogP contribution in [0.25, 0.3) is 0 Å². The first-order chi connectivity index (χ1) is 11.3. The van der Waals surface area contributed by atoms with E-state index in [1.54, 1.807) is 4.31 Å². The first-order valence-electron chi connectivity index (χ1n) is 8.36. The third kappa shape index (κ3) is 6.45. The molecule has 1 atom stereocenters. The second-order valence-corrected chi connectivity index (χ2v) is 8.42. The fourth-order valence-corrected chi connectivity index (χ4v) is 3.83. The predicted molar refractivity (Wildman–Crippen MR) is 113 cm³/mol. The minimum absolute atomic E-state index is 0. The summed E-state index contributed by atoms with van der Waals surface area (Å²) in [7, 11) is 0.970. The number of rotatable bonds is 6. The molecule has 1 fully saturated rings. The summed E-state index contributed by atoms with van der Waals surface area (Å²) in [5, 5.41) is 3.31. The molecule has 9 heteroatoms. The number of hydrogen-bond donors (Lipinski definition) is 1. The highest BCUT2D eigenvalue weighted by atomic mass is 127. The monoisotopic (exact) mass is 483 g/mol. The zero-order chi connectivity index (χ0) is 17.7. The van der Waals surface area contributed by atoms with Crippen molar-refractivity contribution in [3.05, 3.63) is 24.0 Å². The van der Waals surface area contributed by atoms with Crippen LogP contribution in [0.3, 0.4) is 0 Å². The number of aromatic nitrogens is 1. The van der Waals surface area contributed by atoms with E-state index in [-0.39, 0.29) is 29.9 Å². The van der Waals surface area contributed by atoms with Gasteiger partial charge in [-0.1, -0.05) is 0 Å². The molecule has 1 aromatic rings. The number of guanidine groups is 1. The first kappa shape index (κ1) is 22.2. The largest absolute Gasteiger partial charge is 0.357 e. The summed E-state index contributed by atoms with van der Waals surface area (Å²) in [5.41, 5.74) is 1.22. The molecule has 1 aliphatic heterocycles. The standard InChI is InChI=1S/C16H29N5O2S.HI/c1-5-17-16(20(3)13-15-7-6-9-19(15)2)18-11-14-8-10-21(12-14)24(4,22)23;/h6-7,9,14H,5,8,10-13H2,1-4H3,(H,17,18);1H. The lowest BCUT2D eigenvalue weighted by Crippen LogP contribution is -2.39. The van der Waals surface area contributed by atoms with Gasteiger partial charge in [0.1, 0.15) is 0 Å². The normalized spacial score (nSPS) is 18.9. The van der Waals surface area contributed by atoms with Gasteiger partial charge in [-0.3, -0.25) is 4.99 Å². The summed E-state index contributed by atoms with van der Waals surface area (Å²) >= 11 is 0. The molecule has 0 amide bonds. The van der Waals surface area contributed by atoms with Crippen LogP contribution in [0.15, 0.2) is 23.3 Å². The topological polar surface area (TPSA) is 69.9 Å². The summed E-state index contributed by atoms with van der Waals surface area (Å²) in [6, 6.07) is 4.13. The maximum absolute atomic E-state index is 11.6. The smallest absolute Gasteiger partial charge is 0.211 e. The van der Waals surface area contributed by atoms with Crippen LogP contribution >= 0.6 is 24.0 Å². The Kier molecular flexibility index (Phi) is 8.69. The molecule has 1 saturated heterocycles. The number of aryl methyl sites for hydroxylation is 1. The molecule has 1 N–H and O–H groups in total. The summed E-state index contributed by atoms with van der Waals surface area (Å²) in [4.78, 5) is 6.82. The lowest BCUT2D eigenvalue weighted by atomic mass is 10.1. The number of sulfonamides is 1. The van der Waals surface area contributed by atoms with Gasteiger partial charge in [-0.05, 0) is 31.4 Å². The highest BCUT2D eigenvalue weighted by Crippen LogP contribution is 2.19. The van der Waals surface area contributed by atoms with Crippen LogP contribution in [-0.4, -0.2) is 67.6 Å². The van der Waals surface area contributed by atoms with Crippen LogP contribution in [0.4, 0.5) is 0 Å². The SMILES string of the molecule is CCNC(=NCC1CCN(S(C)(=O)=O)C1)N(C)Cc1cccn1C.I. The van der Waals surface area contributed by atoms with E-state index in [1.807, 2.05) is 33.3 Å². The molecule has 0 saturated carbocycles. The van der Waals surface area contributed by atoms with Crippen molar-refractivity contribution >= 4 is 40.0 Å². The second kappa shape index (κ2) is 9.77. The fraction of sp³-hybridized carbons (Fsp3) is 0.688. The van der Waals surface area contributed by atoms with E-state index >= 15 is 0 Å². The Hall–Kier alpha value is -0.810. The molecule has 1 unspecified atom stereocenters. The van der Waals surface area contributed by atoms with Gasteiger partial charge >= 0.3 is 0 Å². The van der Waals surface area contributed by atoms with Crippen molar-refractivity contribution in [3.63, 3.8) is 0 Å².